The van der Waals surface area contributed by atoms with Gasteiger partial charge in [0.2, 0.25) is 0 Å². The van der Waals surface area contributed by atoms with Gasteiger partial charge in [0.05, 0.1) is 34.6 Å². The molecule has 0 unspecified atom stereocenters. The van der Waals surface area contributed by atoms with Gasteiger partial charge in [-0.05, 0) is 68.5 Å². The molecule has 2 heterocycles. The Kier molecular flexibility index (Phi) is 7.59. The normalized spacial score (nSPS) is 15.8. The molecular formula is C29H32N2O4S. The van der Waals surface area contributed by atoms with Gasteiger partial charge in [0, 0.05) is 0 Å². The quantitative estimate of drug-likeness (QED) is 0.437. The highest BCUT2D eigenvalue weighted by Crippen LogP contribution is 2.31. The van der Waals surface area contributed by atoms with Crippen molar-refractivity contribution in [1.82, 2.24) is 4.57 Å². The van der Waals surface area contributed by atoms with E-state index in [0.29, 0.717) is 26.5 Å². The highest BCUT2D eigenvalue weighted by atomic mass is 32.1. The van der Waals surface area contributed by atoms with Gasteiger partial charge in [-0.3, -0.25) is 9.36 Å². The molecule has 6 nitrogen and oxygen atoms in total. The Morgan fingerprint density at radius 2 is 1.75 bits per heavy atom. The number of carbonyl (C=O) groups excluding carboxylic acids is 1. The Labute approximate surface area is 215 Å². The van der Waals surface area contributed by atoms with Crippen molar-refractivity contribution in [1.29, 1.82) is 0 Å². The number of aromatic nitrogens is 1. The predicted octanol–water partition coefficient (Wildman–Crippen LogP) is 4.71. The maximum atomic E-state index is 13.7. The monoisotopic (exact) mass is 504 g/mol. The van der Waals surface area contributed by atoms with Crippen LogP contribution in [0.15, 0.2) is 69.6 Å². The fraction of sp³-hybridized carbons (Fsp3) is 0.345. The van der Waals surface area contributed by atoms with E-state index in [1.54, 1.807) is 18.4 Å². The van der Waals surface area contributed by atoms with E-state index in [-0.39, 0.29) is 18.3 Å². The van der Waals surface area contributed by atoms with E-state index in [1.807, 2.05) is 56.3 Å². The SMILES string of the molecule is CCOC(=O)C1=C(C)N=c2s/c(=C\c3ccc(C(C)C)cc3)c(=O)n2[C@@H]1c1ccc(OC(C)C)cc1. The van der Waals surface area contributed by atoms with E-state index >= 15 is 0 Å². The molecule has 0 spiro atoms. The second-order valence-electron chi connectivity index (χ2n) is 9.36. The smallest absolute Gasteiger partial charge is 0.338 e. The van der Waals surface area contributed by atoms with Crippen molar-refractivity contribution < 1.29 is 14.3 Å². The van der Waals surface area contributed by atoms with Crippen molar-refractivity contribution in [3.05, 3.63) is 96.2 Å². The molecule has 1 aromatic heterocycles. The van der Waals surface area contributed by atoms with Crippen LogP contribution in [-0.2, 0) is 9.53 Å². The van der Waals surface area contributed by atoms with Gasteiger partial charge in [-0.25, -0.2) is 9.79 Å². The molecule has 0 amide bonds. The number of benzene rings is 2. The molecular weight excluding hydrogens is 472 g/mol. The first-order valence-corrected chi connectivity index (χ1v) is 13.1. The molecule has 0 aliphatic carbocycles. The third-order valence-corrected chi connectivity index (χ3v) is 6.97. The molecule has 0 bridgehead atoms. The zero-order valence-corrected chi connectivity index (χ0v) is 22.4. The maximum Gasteiger partial charge on any atom is 0.338 e. The lowest BCUT2D eigenvalue weighted by Gasteiger charge is -2.25. The molecule has 0 N–H and O–H groups in total. The zero-order valence-electron chi connectivity index (χ0n) is 21.6. The summed E-state index contributed by atoms with van der Waals surface area (Å²) in [5, 5.41) is 0. The van der Waals surface area contributed by atoms with Crippen LogP contribution in [0.25, 0.3) is 6.08 Å². The van der Waals surface area contributed by atoms with Gasteiger partial charge in [-0.2, -0.15) is 0 Å². The summed E-state index contributed by atoms with van der Waals surface area (Å²) in [5.74, 6) is 0.695. The minimum absolute atomic E-state index is 0.0420. The molecule has 1 atom stereocenters. The number of esters is 1. The van der Waals surface area contributed by atoms with Gasteiger partial charge < -0.3 is 9.47 Å². The largest absolute Gasteiger partial charge is 0.491 e. The number of fused-ring (bicyclic) bond motifs is 1. The lowest BCUT2D eigenvalue weighted by atomic mass is 9.96. The van der Waals surface area contributed by atoms with Crippen LogP contribution in [0, 0.1) is 0 Å². The van der Waals surface area contributed by atoms with Gasteiger partial charge in [0.1, 0.15) is 5.75 Å². The topological polar surface area (TPSA) is 69.9 Å². The van der Waals surface area contributed by atoms with Gasteiger partial charge in [-0.1, -0.05) is 61.6 Å². The first kappa shape index (κ1) is 25.6. The molecule has 2 aromatic carbocycles. The van der Waals surface area contributed by atoms with E-state index in [2.05, 4.69) is 31.0 Å². The van der Waals surface area contributed by atoms with Gasteiger partial charge in [0.15, 0.2) is 4.80 Å². The van der Waals surface area contributed by atoms with Crippen molar-refractivity contribution in [2.75, 3.05) is 6.61 Å². The van der Waals surface area contributed by atoms with Crippen LogP contribution in [0.3, 0.4) is 0 Å². The van der Waals surface area contributed by atoms with Gasteiger partial charge >= 0.3 is 5.97 Å². The lowest BCUT2D eigenvalue weighted by molar-refractivity contribution is -0.139. The molecule has 1 aliphatic rings. The van der Waals surface area contributed by atoms with Crippen molar-refractivity contribution in [3.63, 3.8) is 0 Å². The highest BCUT2D eigenvalue weighted by molar-refractivity contribution is 7.07. The van der Waals surface area contributed by atoms with Crippen LogP contribution in [-0.4, -0.2) is 23.2 Å². The molecule has 0 saturated heterocycles. The zero-order chi connectivity index (χ0) is 26.0. The summed E-state index contributed by atoms with van der Waals surface area (Å²) in [5.41, 5.74) is 3.71. The molecule has 1 aliphatic heterocycles. The van der Waals surface area contributed by atoms with Gasteiger partial charge in [0.25, 0.3) is 5.56 Å². The number of hydrogen-bond donors (Lipinski definition) is 0. The third kappa shape index (κ3) is 5.21. The fourth-order valence-corrected chi connectivity index (χ4v) is 5.28. The Bertz CT molecular complexity index is 1460. The second-order valence-corrected chi connectivity index (χ2v) is 10.4. The van der Waals surface area contributed by atoms with Crippen molar-refractivity contribution >= 4 is 23.4 Å². The van der Waals surface area contributed by atoms with Gasteiger partial charge in [-0.15, -0.1) is 0 Å². The van der Waals surface area contributed by atoms with E-state index in [1.165, 1.54) is 16.9 Å². The molecule has 36 heavy (non-hydrogen) atoms. The number of allylic oxidation sites excluding steroid dienone is 1. The molecule has 0 saturated carbocycles. The standard InChI is InChI=1S/C29H32N2O4S/c1-7-34-28(33)25-19(6)30-29-31(26(25)22-12-14-23(15-13-22)35-18(4)5)27(32)24(36-29)16-20-8-10-21(11-9-20)17(2)3/h8-18,26H,7H2,1-6H3/b24-16-/t26-/m1/s1. The summed E-state index contributed by atoms with van der Waals surface area (Å²) >= 11 is 1.33. The molecule has 188 valence electrons. The molecule has 0 radical (unpaired) electrons. The number of rotatable bonds is 7. The second kappa shape index (κ2) is 10.7. The minimum Gasteiger partial charge on any atom is -0.491 e. The summed E-state index contributed by atoms with van der Waals surface area (Å²) in [7, 11) is 0. The van der Waals surface area contributed by atoms with Crippen molar-refractivity contribution in [2.45, 2.75) is 59.6 Å². The first-order valence-electron chi connectivity index (χ1n) is 12.3. The summed E-state index contributed by atoms with van der Waals surface area (Å²) in [6, 6.07) is 15.1. The number of nitrogens with zero attached hydrogens (tertiary/aromatic N) is 2. The molecule has 7 heteroatoms. The van der Waals surface area contributed by atoms with Crippen LogP contribution in [0.4, 0.5) is 0 Å². The molecule has 0 fully saturated rings. The van der Waals surface area contributed by atoms with Crippen LogP contribution in [0.5, 0.6) is 5.75 Å². The van der Waals surface area contributed by atoms with Crippen LogP contribution in [0.1, 0.15) is 70.2 Å². The van der Waals surface area contributed by atoms with Crippen LogP contribution in [0.2, 0.25) is 0 Å². The summed E-state index contributed by atoms with van der Waals surface area (Å²) in [4.78, 5) is 31.9. The predicted molar refractivity (Wildman–Crippen MR) is 143 cm³/mol. The summed E-state index contributed by atoms with van der Waals surface area (Å²) < 4.78 is 13.3. The van der Waals surface area contributed by atoms with Crippen molar-refractivity contribution in [3.8, 4) is 5.75 Å². The van der Waals surface area contributed by atoms with E-state index in [4.69, 9.17) is 9.47 Å². The molecule has 3 aromatic rings. The van der Waals surface area contributed by atoms with Crippen LogP contribution < -0.4 is 19.6 Å². The Morgan fingerprint density at radius 3 is 2.33 bits per heavy atom. The Hall–Kier alpha value is -3.45. The minimum atomic E-state index is -0.640. The van der Waals surface area contributed by atoms with E-state index in [0.717, 1.165) is 16.9 Å². The fourth-order valence-electron chi connectivity index (χ4n) is 4.24. The summed E-state index contributed by atoms with van der Waals surface area (Å²) in [6.45, 7) is 12.0. The number of thiazole rings is 1. The average Bonchev–Trinajstić information content (AvgIpc) is 3.13. The molecule has 4 rings (SSSR count). The highest BCUT2D eigenvalue weighted by Gasteiger charge is 2.33. The first-order chi connectivity index (χ1) is 17.2. The number of hydrogen-bond acceptors (Lipinski definition) is 6. The number of ether oxygens (including phenoxy) is 2. The average molecular weight is 505 g/mol. The Balaban J connectivity index is 1.86. The Morgan fingerprint density at radius 1 is 1.08 bits per heavy atom. The van der Waals surface area contributed by atoms with Crippen LogP contribution >= 0.6 is 11.3 Å². The lowest BCUT2D eigenvalue weighted by Crippen LogP contribution is -2.39. The van der Waals surface area contributed by atoms with E-state index < -0.39 is 12.0 Å². The maximum absolute atomic E-state index is 13.7. The summed E-state index contributed by atoms with van der Waals surface area (Å²) in [6.07, 6.45) is 1.92. The number of carbonyl (C=O) groups is 1. The third-order valence-electron chi connectivity index (χ3n) is 5.99. The van der Waals surface area contributed by atoms with Crippen molar-refractivity contribution in [2.24, 2.45) is 4.99 Å². The van der Waals surface area contributed by atoms with E-state index in [9.17, 15) is 9.59 Å².